The fraction of sp³-hybridized carbons (Fsp3) is 0.282. The first kappa shape index (κ1) is 33.9. The Morgan fingerprint density at radius 1 is 0.980 bits per heavy atom. The van der Waals surface area contributed by atoms with Gasteiger partial charge in [-0.3, -0.25) is 9.69 Å². The van der Waals surface area contributed by atoms with Gasteiger partial charge in [0, 0.05) is 55.4 Å². The van der Waals surface area contributed by atoms with Gasteiger partial charge in [0.2, 0.25) is 0 Å². The largest absolute Gasteiger partial charge is 0.493 e. The van der Waals surface area contributed by atoms with Crippen molar-refractivity contribution in [1.29, 1.82) is 0 Å². The van der Waals surface area contributed by atoms with Crippen molar-refractivity contribution in [3.05, 3.63) is 114 Å². The molecule has 51 heavy (non-hydrogen) atoms. The lowest BCUT2D eigenvalue weighted by Gasteiger charge is -2.38. The number of benzene rings is 4. The lowest BCUT2D eigenvalue weighted by Crippen LogP contribution is -2.52. The molecule has 2 aliphatic rings. The van der Waals surface area contributed by atoms with Crippen LogP contribution in [0.15, 0.2) is 91.3 Å². The zero-order chi connectivity index (χ0) is 35.2. The summed E-state index contributed by atoms with van der Waals surface area (Å²) in [7, 11) is 1.58. The third kappa shape index (κ3) is 7.05. The maximum atomic E-state index is 15.7. The third-order valence-corrected chi connectivity index (χ3v) is 9.46. The summed E-state index contributed by atoms with van der Waals surface area (Å²) >= 11 is 0. The minimum Gasteiger partial charge on any atom is -0.493 e. The minimum atomic E-state index is -1.34. The molecule has 2 aliphatic heterocycles. The number of nitrogens with one attached hydrogen (secondary N) is 2. The third-order valence-electron chi connectivity index (χ3n) is 9.46. The number of anilines is 3. The molecule has 11 nitrogen and oxygen atoms in total. The Hall–Kier alpha value is -5.59. The summed E-state index contributed by atoms with van der Waals surface area (Å²) in [5.74, 6) is 0.714. The molecule has 262 valence electrons. The van der Waals surface area contributed by atoms with Gasteiger partial charge in [0.05, 0.1) is 38.1 Å². The van der Waals surface area contributed by atoms with Gasteiger partial charge >= 0.3 is 0 Å². The fourth-order valence-corrected chi connectivity index (χ4v) is 6.65. The van der Waals surface area contributed by atoms with Crippen LogP contribution in [0.3, 0.4) is 0 Å². The first-order valence-electron chi connectivity index (χ1n) is 17.0. The molecule has 1 aromatic heterocycles. The smallest absolute Gasteiger partial charge is 0.255 e. The Morgan fingerprint density at radius 3 is 2.55 bits per heavy atom. The quantitative estimate of drug-likeness (QED) is 0.110. The zero-order valence-electron chi connectivity index (χ0n) is 28.3. The number of carbonyl (C=O) groups excluding carboxylic acids is 2. The van der Waals surface area contributed by atoms with E-state index in [4.69, 9.17) is 14.2 Å². The van der Waals surface area contributed by atoms with Crippen LogP contribution < -0.4 is 20.1 Å². The summed E-state index contributed by atoms with van der Waals surface area (Å²) in [5.41, 5.74) is 1.97. The standard InChI is InChI=1S/C39H39FN6O5/c1-49-35-22-34-31(21-36(35)51-17-7-14-45-15-18-50-19-16-45)37(43-26-42-34)44-33-13-12-29(20-32(33)40)41-24-39(25-47,28-9-3-2-4-10-28)46-23-27-8-5-6-11-30(27)38(46)48/h2-6,8-13,20-22,25-26,41H,7,14-19,23-24H2,1H3,(H,42,43,44). The number of halogens is 1. The van der Waals surface area contributed by atoms with Crippen molar-refractivity contribution in [2.75, 3.05) is 63.7 Å². The van der Waals surface area contributed by atoms with Gasteiger partial charge in [-0.05, 0) is 47.9 Å². The normalized spacial score (nSPS) is 15.6. The molecule has 2 N–H and O–H groups in total. The molecule has 0 aliphatic carbocycles. The van der Waals surface area contributed by atoms with E-state index in [1.165, 1.54) is 12.4 Å². The number of carbonyl (C=O) groups is 2. The molecule has 12 heteroatoms. The maximum absolute atomic E-state index is 15.7. The van der Waals surface area contributed by atoms with Crippen molar-refractivity contribution in [2.24, 2.45) is 0 Å². The van der Waals surface area contributed by atoms with E-state index < -0.39 is 11.4 Å². The Labute approximate surface area is 295 Å². The number of nitrogens with zero attached hydrogens (tertiary/aromatic N) is 4. The number of amides is 1. The molecule has 1 amide bonds. The second-order valence-corrected chi connectivity index (χ2v) is 12.5. The number of fused-ring (bicyclic) bond motifs is 2. The van der Waals surface area contributed by atoms with Gasteiger partial charge in [0.15, 0.2) is 17.8 Å². The van der Waals surface area contributed by atoms with Gasteiger partial charge in [-0.2, -0.15) is 0 Å². The Morgan fingerprint density at radius 2 is 1.78 bits per heavy atom. The second-order valence-electron chi connectivity index (χ2n) is 12.5. The Balaban J connectivity index is 1.08. The van der Waals surface area contributed by atoms with Crippen LogP contribution in [0.1, 0.15) is 27.9 Å². The van der Waals surface area contributed by atoms with Crippen LogP contribution >= 0.6 is 0 Å². The topological polar surface area (TPSA) is 118 Å². The summed E-state index contributed by atoms with van der Waals surface area (Å²) in [5, 5.41) is 6.97. The highest BCUT2D eigenvalue weighted by Crippen LogP contribution is 2.37. The van der Waals surface area contributed by atoms with Crippen LogP contribution in [-0.4, -0.2) is 85.1 Å². The fourth-order valence-electron chi connectivity index (χ4n) is 6.65. The Bertz CT molecular complexity index is 2030. The van der Waals surface area contributed by atoms with Crippen LogP contribution in [0.2, 0.25) is 0 Å². The van der Waals surface area contributed by atoms with Crippen LogP contribution in [0.25, 0.3) is 10.9 Å². The van der Waals surface area contributed by atoms with Crippen LogP contribution in [0.5, 0.6) is 11.5 Å². The SMILES string of the molecule is COc1cc2ncnc(Nc3ccc(NCC(C=O)(c4ccccc4)N4Cc5ccccc5C4=O)cc3F)c2cc1OCCCN1CCOCC1. The number of aldehydes is 1. The summed E-state index contributed by atoms with van der Waals surface area (Å²) in [6.45, 7) is 5.05. The maximum Gasteiger partial charge on any atom is 0.255 e. The molecule has 5 aromatic rings. The molecule has 0 saturated carbocycles. The van der Waals surface area contributed by atoms with Gasteiger partial charge in [-0.25, -0.2) is 14.4 Å². The molecular formula is C39H39FN6O5. The van der Waals surface area contributed by atoms with E-state index in [9.17, 15) is 9.59 Å². The average Bonchev–Trinajstić information content (AvgIpc) is 3.51. The van der Waals surface area contributed by atoms with Gasteiger partial charge in [-0.15, -0.1) is 0 Å². The van der Waals surface area contributed by atoms with E-state index in [-0.39, 0.29) is 24.7 Å². The van der Waals surface area contributed by atoms with E-state index in [0.717, 1.165) is 51.1 Å². The second kappa shape index (κ2) is 15.1. The van der Waals surface area contributed by atoms with Crippen LogP contribution in [0, 0.1) is 5.82 Å². The highest BCUT2D eigenvalue weighted by molar-refractivity contribution is 6.00. The first-order chi connectivity index (χ1) is 25.0. The molecule has 0 bridgehead atoms. The van der Waals surface area contributed by atoms with Gasteiger partial charge in [-0.1, -0.05) is 48.5 Å². The first-order valence-corrected chi connectivity index (χ1v) is 17.0. The molecule has 1 saturated heterocycles. The highest BCUT2D eigenvalue weighted by atomic mass is 19.1. The molecule has 7 rings (SSSR count). The van der Waals surface area contributed by atoms with Crippen molar-refractivity contribution in [3.63, 3.8) is 0 Å². The van der Waals surface area contributed by atoms with E-state index in [2.05, 4.69) is 25.5 Å². The van der Waals surface area contributed by atoms with Crippen molar-refractivity contribution in [3.8, 4) is 11.5 Å². The lowest BCUT2D eigenvalue weighted by atomic mass is 9.89. The number of ether oxygens (including phenoxy) is 3. The van der Waals surface area contributed by atoms with Gasteiger partial charge in [0.25, 0.3) is 5.91 Å². The molecule has 1 atom stereocenters. The molecule has 0 spiro atoms. The number of aromatic nitrogens is 2. The molecule has 4 aromatic carbocycles. The molecule has 1 unspecified atom stereocenters. The monoisotopic (exact) mass is 690 g/mol. The van der Waals surface area contributed by atoms with E-state index in [1.807, 2.05) is 48.5 Å². The average molecular weight is 691 g/mol. The summed E-state index contributed by atoms with van der Waals surface area (Å²) < 4.78 is 32.9. The van der Waals surface area contributed by atoms with Crippen LogP contribution in [0.4, 0.5) is 21.6 Å². The van der Waals surface area contributed by atoms with Crippen molar-refractivity contribution in [1.82, 2.24) is 19.8 Å². The predicted molar refractivity (Wildman–Crippen MR) is 192 cm³/mol. The number of hydrogen-bond acceptors (Lipinski definition) is 10. The minimum absolute atomic E-state index is 0.0278. The number of rotatable bonds is 14. The summed E-state index contributed by atoms with van der Waals surface area (Å²) in [6, 6.07) is 24.7. The van der Waals surface area contributed by atoms with Gasteiger partial charge in [0.1, 0.15) is 23.5 Å². The molecule has 3 heterocycles. The number of methoxy groups -OCH3 is 1. The zero-order valence-corrected chi connectivity index (χ0v) is 28.3. The van der Waals surface area contributed by atoms with Gasteiger partial charge < -0.3 is 34.5 Å². The Kier molecular flexibility index (Phi) is 10.0. The number of hydrogen-bond donors (Lipinski definition) is 2. The van der Waals surface area contributed by atoms with Crippen molar-refractivity contribution < 1.29 is 28.2 Å². The predicted octanol–water partition coefficient (Wildman–Crippen LogP) is 5.78. The van der Waals surface area contributed by atoms with E-state index >= 15 is 4.39 Å². The van der Waals surface area contributed by atoms with Crippen molar-refractivity contribution >= 4 is 40.3 Å². The summed E-state index contributed by atoms with van der Waals surface area (Å²) in [4.78, 5) is 39.3. The van der Waals surface area contributed by atoms with E-state index in [0.29, 0.717) is 51.6 Å². The lowest BCUT2D eigenvalue weighted by molar-refractivity contribution is -0.117. The molecular weight excluding hydrogens is 651 g/mol. The van der Waals surface area contributed by atoms with E-state index in [1.54, 1.807) is 42.3 Å². The van der Waals surface area contributed by atoms with Crippen LogP contribution in [-0.2, 0) is 21.6 Å². The highest BCUT2D eigenvalue weighted by Gasteiger charge is 2.45. The van der Waals surface area contributed by atoms with Crippen molar-refractivity contribution in [2.45, 2.75) is 18.5 Å². The molecule has 0 radical (unpaired) electrons. The number of morpholine rings is 1. The summed E-state index contributed by atoms with van der Waals surface area (Å²) in [6.07, 6.45) is 3.04. The molecule has 1 fully saturated rings.